The lowest BCUT2D eigenvalue weighted by molar-refractivity contribution is 0.0516. The molecule has 0 spiro atoms. The number of aromatic nitrogens is 3. The van der Waals surface area contributed by atoms with Gasteiger partial charge in [-0.15, -0.1) is 11.3 Å². The molecule has 0 atom stereocenters. The molecule has 26 heavy (non-hydrogen) atoms. The van der Waals surface area contributed by atoms with Gasteiger partial charge in [0.05, 0.1) is 22.2 Å². The van der Waals surface area contributed by atoms with Crippen molar-refractivity contribution in [2.45, 2.75) is 18.9 Å². The van der Waals surface area contributed by atoms with E-state index in [1.807, 2.05) is 5.38 Å². The van der Waals surface area contributed by atoms with Gasteiger partial charge in [-0.2, -0.15) is 0 Å². The van der Waals surface area contributed by atoms with Crippen LogP contribution in [0.15, 0.2) is 23.7 Å². The van der Waals surface area contributed by atoms with Crippen molar-refractivity contribution in [1.82, 2.24) is 24.8 Å². The van der Waals surface area contributed by atoms with Gasteiger partial charge < -0.3 is 9.88 Å². The van der Waals surface area contributed by atoms with Crippen molar-refractivity contribution in [2.24, 2.45) is 0 Å². The Hall–Kier alpha value is -2.58. The third kappa shape index (κ3) is 2.29. The van der Waals surface area contributed by atoms with Crippen molar-refractivity contribution >= 4 is 34.2 Å². The molecule has 0 radical (unpaired) electrons. The van der Waals surface area contributed by atoms with Crippen molar-refractivity contribution in [3.8, 4) is 10.8 Å². The Labute approximate surface area is 153 Å². The van der Waals surface area contributed by atoms with Crippen molar-refractivity contribution in [3.63, 3.8) is 0 Å². The van der Waals surface area contributed by atoms with Crippen molar-refractivity contribution in [1.29, 1.82) is 0 Å². The maximum Gasteiger partial charge on any atom is 0.261 e. The molecule has 1 N–H and O–H groups in total. The normalized spacial score (nSPS) is 18.9. The van der Waals surface area contributed by atoms with E-state index < -0.39 is 0 Å². The Kier molecular flexibility index (Phi) is 3.44. The molecule has 2 aliphatic rings. The quantitative estimate of drug-likeness (QED) is 0.703. The van der Waals surface area contributed by atoms with Crippen LogP contribution < -0.4 is 0 Å². The first-order valence-corrected chi connectivity index (χ1v) is 9.50. The Bertz CT molecular complexity index is 965. The molecule has 4 heterocycles. The van der Waals surface area contributed by atoms with E-state index in [-0.39, 0.29) is 17.9 Å². The Balaban J connectivity index is 1.52. The summed E-state index contributed by atoms with van der Waals surface area (Å²) in [5.74, 6) is 0.276. The lowest BCUT2D eigenvalue weighted by atomic mass is 10.0. The minimum Gasteiger partial charge on any atom is -0.336 e. The van der Waals surface area contributed by atoms with Crippen LogP contribution >= 0.6 is 11.3 Å². The monoisotopic (exact) mass is 367 g/mol. The van der Waals surface area contributed by atoms with Crippen LogP contribution in [-0.2, 0) is 0 Å². The number of thiazole rings is 1. The number of hydrogen-bond donors (Lipinski definition) is 1. The van der Waals surface area contributed by atoms with E-state index in [1.54, 1.807) is 18.3 Å². The van der Waals surface area contributed by atoms with Gasteiger partial charge in [0.1, 0.15) is 0 Å². The Morgan fingerprint density at radius 3 is 2.58 bits per heavy atom. The molecule has 1 fully saturated rings. The predicted molar refractivity (Wildman–Crippen MR) is 98.2 cm³/mol. The van der Waals surface area contributed by atoms with Crippen LogP contribution in [0.4, 0.5) is 0 Å². The summed E-state index contributed by atoms with van der Waals surface area (Å²) in [6, 6.07) is 3.47. The van der Waals surface area contributed by atoms with Crippen LogP contribution in [0.1, 0.15) is 33.6 Å². The third-order valence-corrected chi connectivity index (χ3v) is 5.99. The van der Waals surface area contributed by atoms with Gasteiger partial charge in [-0.3, -0.25) is 14.5 Å². The van der Waals surface area contributed by atoms with E-state index in [9.17, 15) is 9.59 Å². The first kappa shape index (κ1) is 15.7. The topological polar surface area (TPSA) is 82.2 Å². The summed E-state index contributed by atoms with van der Waals surface area (Å²) in [6.07, 6.45) is 3.37. The number of hydrogen-bond acceptors (Lipinski definition) is 6. The van der Waals surface area contributed by atoms with Gasteiger partial charge in [0, 0.05) is 17.6 Å². The molecule has 2 aliphatic heterocycles. The van der Waals surface area contributed by atoms with E-state index in [4.69, 9.17) is 0 Å². The van der Waals surface area contributed by atoms with Crippen LogP contribution in [0.25, 0.3) is 21.9 Å². The molecule has 0 aliphatic carbocycles. The zero-order valence-corrected chi connectivity index (χ0v) is 15.0. The maximum atomic E-state index is 12.9. The fourth-order valence-corrected chi connectivity index (χ4v) is 4.37. The summed E-state index contributed by atoms with van der Waals surface area (Å²) in [5.41, 5.74) is 2.36. The summed E-state index contributed by atoms with van der Waals surface area (Å²) in [6.45, 7) is 1.80. The fraction of sp³-hybridized carbons (Fsp3) is 0.333. The average molecular weight is 367 g/mol. The largest absolute Gasteiger partial charge is 0.336 e. The number of amides is 2. The predicted octanol–water partition coefficient (Wildman–Crippen LogP) is 2.38. The van der Waals surface area contributed by atoms with Gasteiger partial charge in [0.25, 0.3) is 11.8 Å². The zero-order chi connectivity index (χ0) is 17.8. The fourth-order valence-electron chi connectivity index (χ4n) is 3.79. The van der Waals surface area contributed by atoms with E-state index >= 15 is 0 Å². The van der Waals surface area contributed by atoms with Crippen molar-refractivity contribution in [3.05, 3.63) is 34.8 Å². The first-order chi connectivity index (χ1) is 12.6. The van der Waals surface area contributed by atoms with Gasteiger partial charge in [-0.1, -0.05) is 0 Å². The van der Waals surface area contributed by atoms with E-state index in [1.165, 1.54) is 16.2 Å². The molecular weight excluding hydrogens is 350 g/mol. The lowest BCUT2D eigenvalue weighted by Crippen LogP contribution is -2.46. The number of carbonyl (C=O) groups excluding carboxylic acids is 2. The summed E-state index contributed by atoms with van der Waals surface area (Å²) in [4.78, 5) is 41.5. The number of benzene rings is 1. The highest BCUT2D eigenvalue weighted by Gasteiger charge is 2.41. The molecule has 0 bridgehead atoms. The molecule has 0 saturated carbocycles. The second-order valence-electron chi connectivity index (χ2n) is 6.85. The number of rotatable bonds is 2. The molecule has 2 amide bonds. The lowest BCUT2D eigenvalue weighted by Gasteiger charge is -2.33. The van der Waals surface area contributed by atoms with Gasteiger partial charge >= 0.3 is 0 Å². The molecule has 2 aromatic heterocycles. The van der Waals surface area contributed by atoms with Crippen LogP contribution in [0.2, 0.25) is 0 Å². The maximum absolute atomic E-state index is 12.9. The molecule has 132 valence electrons. The van der Waals surface area contributed by atoms with Gasteiger partial charge in [0.2, 0.25) is 0 Å². The Morgan fingerprint density at radius 1 is 1.15 bits per heavy atom. The summed E-state index contributed by atoms with van der Waals surface area (Å²) in [5, 5.41) is 2.67. The summed E-state index contributed by atoms with van der Waals surface area (Å²) in [7, 11) is 2.06. The van der Waals surface area contributed by atoms with E-state index in [2.05, 4.69) is 26.9 Å². The number of nitrogens with zero attached hydrogens (tertiary/aromatic N) is 4. The molecule has 1 saturated heterocycles. The number of likely N-dealkylation sites (tertiary alicyclic amines) is 1. The Morgan fingerprint density at radius 2 is 1.88 bits per heavy atom. The second-order valence-corrected chi connectivity index (χ2v) is 7.75. The zero-order valence-electron chi connectivity index (χ0n) is 14.2. The van der Waals surface area contributed by atoms with Gasteiger partial charge in [-0.25, -0.2) is 9.97 Å². The van der Waals surface area contributed by atoms with Gasteiger partial charge in [-0.05, 0) is 45.1 Å². The average Bonchev–Trinajstić information content (AvgIpc) is 3.34. The highest BCUT2D eigenvalue weighted by atomic mass is 32.1. The van der Waals surface area contributed by atoms with Crippen LogP contribution in [0, 0.1) is 0 Å². The van der Waals surface area contributed by atoms with E-state index in [0.29, 0.717) is 22.5 Å². The number of nitrogens with one attached hydrogen (secondary N) is 1. The van der Waals surface area contributed by atoms with Crippen molar-refractivity contribution in [2.75, 3.05) is 20.1 Å². The van der Waals surface area contributed by atoms with Crippen molar-refractivity contribution < 1.29 is 9.59 Å². The molecule has 3 aromatic rings. The molecule has 8 heteroatoms. The third-order valence-electron chi connectivity index (χ3n) is 5.21. The number of aromatic amines is 1. The minimum atomic E-state index is -0.194. The summed E-state index contributed by atoms with van der Waals surface area (Å²) < 4.78 is 0. The number of fused-ring (bicyclic) bond motifs is 2. The SMILES string of the molecule is CN1CCC(N2C(=O)c3cc4nc(-c5nccs5)[nH]c4cc3C2=O)CC1. The van der Waals surface area contributed by atoms with Gasteiger partial charge in [0.15, 0.2) is 10.8 Å². The van der Waals surface area contributed by atoms with E-state index in [0.717, 1.165) is 36.5 Å². The highest BCUT2D eigenvalue weighted by molar-refractivity contribution is 7.13. The molecule has 5 rings (SSSR count). The molecule has 0 unspecified atom stereocenters. The molecule has 7 nitrogen and oxygen atoms in total. The number of imidazole rings is 1. The van der Waals surface area contributed by atoms with Crippen LogP contribution in [0.5, 0.6) is 0 Å². The first-order valence-electron chi connectivity index (χ1n) is 8.62. The molecule has 1 aromatic carbocycles. The highest BCUT2D eigenvalue weighted by Crippen LogP contribution is 2.32. The number of H-pyrrole nitrogens is 1. The number of carbonyl (C=O) groups is 2. The standard InChI is InChI=1S/C18H17N5O2S/c1-22-5-2-10(3-6-22)23-17(24)11-8-13-14(9-12(11)18(23)25)21-15(20-13)16-19-4-7-26-16/h4,7-10H,2-3,5-6H2,1H3,(H,20,21). The smallest absolute Gasteiger partial charge is 0.261 e. The number of imide groups is 1. The number of piperidine rings is 1. The molecular formula is C18H17N5O2S. The summed E-state index contributed by atoms with van der Waals surface area (Å²) >= 11 is 1.49. The second kappa shape index (κ2) is 5.72. The minimum absolute atomic E-state index is 0.0178. The van der Waals surface area contributed by atoms with Crippen LogP contribution in [-0.4, -0.2) is 62.7 Å². The van der Waals surface area contributed by atoms with Crippen LogP contribution in [0.3, 0.4) is 0 Å².